The number of carbonyl (C=O) groups is 1. The van der Waals surface area contributed by atoms with Crippen LogP contribution < -0.4 is 10.2 Å². The van der Waals surface area contributed by atoms with Gasteiger partial charge in [0.25, 0.3) is 5.91 Å². The average molecular weight is 298 g/mol. The summed E-state index contributed by atoms with van der Waals surface area (Å²) in [6, 6.07) is 8.31. The molecule has 0 saturated heterocycles. The number of benzene rings is 1. The Morgan fingerprint density at radius 3 is 2.68 bits per heavy atom. The van der Waals surface area contributed by atoms with Crippen LogP contribution in [0.1, 0.15) is 42.5 Å². The van der Waals surface area contributed by atoms with Crippen molar-refractivity contribution < 1.29 is 4.79 Å². The molecule has 3 fully saturated rings. The zero-order valence-electron chi connectivity index (χ0n) is 13.6. The Balaban J connectivity index is 1.50. The molecule has 2 bridgehead atoms. The van der Waals surface area contributed by atoms with Crippen LogP contribution >= 0.6 is 0 Å². The summed E-state index contributed by atoms with van der Waals surface area (Å²) in [5.41, 5.74) is 1.81. The number of hydrogen-bond donors (Lipinski definition) is 1. The van der Waals surface area contributed by atoms with Crippen molar-refractivity contribution in [2.45, 2.75) is 38.1 Å². The summed E-state index contributed by atoms with van der Waals surface area (Å²) < 4.78 is 0. The zero-order valence-corrected chi connectivity index (χ0v) is 13.6. The molecule has 3 aliphatic rings. The van der Waals surface area contributed by atoms with E-state index in [-0.39, 0.29) is 5.91 Å². The topological polar surface area (TPSA) is 32.3 Å². The van der Waals surface area contributed by atoms with Crippen molar-refractivity contribution in [2.24, 2.45) is 23.7 Å². The van der Waals surface area contributed by atoms with Crippen molar-refractivity contribution >= 4 is 11.6 Å². The fraction of sp³-hybridized carbons (Fsp3) is 0.632. The molecule has 4 rings (SSSR count). The van der Waals surface area contributed by atoms with Gasteiger partial charge < -0.3 is 10.2 Å². The Hall–Kier alpha value is -1.51. The highest BCUT2D eigenvalue weighted by Crippen LogP contribution is 2.58. The molecule has 0 spiro atoms. The molecule has 5 atom stereocenters. The van der Waals surface area contributed by atoms with Gasteiger partial charge in [-0.2, -0.15) is 0 Å². The lowest BCUT2D eigenvalue weighted by Crippen LogP contribution is -2.42. The molecule has 3 heteroatoms. The molecular weight excluding hydrogens is 272 g/mol. The largest absolute Gasteiger partial charge is 0.377 e. The van der Waals surface area contributed by atoms with Gasteiger partial charge in [-0.3, -0.25) is 4.79 Å². The van der Waals surface area contributed by atoms with Crippen molar-refractivity contribution in [1.29, 1.82) is 0 Å². The van der Waals surface area contributed by atoms with Crippen molar-refractivity contribution in [2.75, 3.05) is 19.0 Å². The van der Waals surface area contributed by atoms with Crippen molar-refractivity contribution in [3.8, 4) is 0 Å². The summed E-state index contributed by atoms with van der Waals surface area (Å²) in [5, 5.41) is 3.37. The Labute approximate surface area is 133 Å². The van der Waals surface area contributed by atoms with Gasteiger partial charge >= 0.3 is 0 Å². The Bertz CT molecular complexity index is 583. The van der Waals surface area contributed by atoms with Crippen LogP contribution in [0.15, 0.2) is 24.3 Å². The first-order valence-corrected chi connectivity index (χ1v) is 8.72. The second-order valence-electron chi connectivity index (χ2n) is 7.65. The van der Waals surface area contributed by atoms with Crippen LogP contribution in [0.5, 0.6) is 0 Å². The SMILES string of the molecule is CN(C)c1ccccc1C(=O)NC1CC2CC1C1CCCC21. The lowest BCUT2D eigenvalue weighted by molar-refractivity contribution is 0.0901. The third-order valence-electron chi connectivity index (χ3n) is 6.38. The standard InChI is InChI=1S/C19H26N2O/c1-21(2)18-9-4-3-6-15(18)19(22)20-17-11-12-10-16(17)14-8-5-7-13(12)14/h3-4,6,9,12-14,16-17H,5,7-8,10-11H2,1-2H3,(H,20,22). The maximum Gasteiger partial charge on any atom is 0.253 e. The lowest BCUT2D eigenvalue weighted by atomic mass is 9.79. The predicted molar refractivity (Wildman–Crippen MR) is 89.1 cm³/mol. The van der Waals surface area contributed by atoms with Crippen LogP contribution in [0, 0.1) is 23.7 Å². The third-order valence-corrected chi connectivity index (χ3v) is 6.38. The van der Waals surface area contributed by atoms with Crippen molar-refractivity contribution in [3.05, 3.63) is 29.8 Å². The molecular formula is C19H26N2O. The smallest absolute Gasteiger partial charge is 0.253 e. The van der Waals surface area contributed by atoms with Gasteiger partial charge in [0, 0.05) is 25.8 Å². The number of nitrogens with one attached hydrogen (secondary N) is 1. The molecule has 1 aromatic carbocycles. The molecule has 5 unspecified atom stereocenters. The van der Waals surface area contributed by atoms with E-state index in [4.69, 9.17) is 0 Å². The van der Waals surface area contributed by atoms with E-state index in [0.717, 1.165) is 34.9 Å². The fourth-order valence-corrected chi connectivity index (χ4v) is 5.54. The van der Waals surface area contributed by atoms with E-state index in [9.17, 15) is 4.79 Å². The van der Waals surface area contributed by atoms with E-state index < -0.39 is 0 Å². The van der Waals surface area contributed by atoms with Gasteiger partial charge in [-0.25, -0.2) is 0 Å². The van der Waals surface area contributed by atoms with Crippen molar-refractivity contribution in [1.82, 2.24) is 5.32 Å². The molecule has 3 saturated carbocycles. The summed E-state index contributed by atoms with van der Waals surface area (Å²) in [6.45, 7) is 0. The Morgan fingerprint density at radius 2 is 1.86 bits per heavy atom. The first-order chi connectivity index (χ1) is 10.6. The van der Waals surface area contributed by atoms with Crippen LogP contribution in [-0.2, 0) is 0 Å². The molecule has 0 aromatic heterocycles. The maximum absolute atomic E-state index is 12.8. The zero-order chi connectivity index (χ0) is 15.3. The summed E-state index contributed by atoms with van der Waals surface area (Å²) in [7, 11) is 3.99. The molecule has 0 radical (unpaired) electrons. The predicted octanol–water partition coefficient (Wildman–Crippen LogP) is 3.31. The number of amides is 1. The Kier molecular flexibility index (Phi) is 3.39. The van der Waals surface area contributed by atoms with Gasteiger partial charge in [-0.05, 0) is 61.5 Å². The van der Waals surface area contributed by atoms with Crippen molar-refractivity contribution in [3.63, 3.8) is 0 Å². The summed E-state index contributed by atoms with van der Waals surface area (Å²) in [5.74, 6) is 3.61. The fourth-order valence-electron chi connectivity index (χ4n) is 5.54. The molecule has 0 heterocycles. The first kappa shape index (κ1) is 14.1. The molecule has 0 aliphatic heterocycles. The number of fused-ring (bicyclic) bond motifs is 5. The average Bonchev–Trinajstić information content (AvgIpc) is 3.19. The van der Waals surface area contributed by atoms with Crippen LogP contribution in [0.2, 0.25) is 0 Å². The van der Waals surface area contributed by atoms with Crippen LogP contribution in [-0.4, -0.2) is 26.0 Å². The third kappa shape index (κ3) is 2.13. The normalized spacial score (nSPS) is 35.5. The molecule has 1 N–H and O–H groups in total. The number of carbonyl (C=O) groups excluding carboxylic acids is 1. The second kappa shape index (κ2) is 5.29. The summed E-state index contributed by atoms with van der Waals surface area (Å²) >= 11 is 0. The number of para-hydroxylation sites is 1. The maximum atomic E-state index is 12.8. The molecule has 118 valence electrons. The second-order valence-corrected chi connectivity index (χ2v) is 7.65. The van der Waals surface area contributed by atoms with E-state index in [1.807, 2.05) is 43.3 Å². The van der Waals surface area contributed by atoms with E-state index in [0.29, 0.717) is 6.04 Å². The van der Waals surface area contributed by atoms with Crippen LogP contribution in [0.3, 0.4) is 0 Å². The van der Waals surface area contributed by atoms with Gasteiger partial charge in [0.05, 0.1) is 5.56 Å². The summed E-state index contributed by atoms with van der Waals surface area (Å²) in [4.78, 5) is 14.8. The number of rotatable bonds is 3. The van der Waals surface area contributed by atoms with Crippen LogP contribution in [0.4, 0.5) is 5.69 Å². The van der Waals surface area contributed by atoms with Gasteiger partial charge in [-0.15, -0.1) is 0 Å². The van der Waals surface area contributed by atoms with Gasteiger partial charge in [-0.1, -0.05) is 18.6 Å². The molecule has 3 nitrogen and oxygen atoms in total. The molecule has 1 amide bonds. The number of anilines is 1. The molecule has 1 aromatic rings. The highest BCUT2D eigenvalue weighted by atomic mass is 16.1. The minimum atomic E-state index is 0.108. The minimum absolute atomic E-state index is 0.108. The van der Waals surface area contributed by atoms with E-state index in [1.54, 1.807) is 0 Å². The van der Waals surface area contributed by atoms with Gasteiger partial charge in [0.1, 0.15) is 0 Å². The minimum Gasteiger partial charge on any atom is -0.377 e. The highest BCUT2D eigenvalue weighted by Gasteiger charge is 2.54. The Morgan fingerprint density at radius 1 is 1.09 bits per heavy atom. The van der Waals surface area contributed by atoms with E-state index in [2.05, 4.69) is 5.32 Å². The number of nitrogens with zero attached hydrogens (tertiary/aromatic N) is 1. The summed E-state index contributed by atoms with van der Waals surface area (Å²) in [6.07, 6.45) is 6.81. The van der Waals surface area contributed by atoms with E-state index in [1.165, 1.54) is 32.1 Å². The quantitative estimate of drug-likeness (QED) is 0.928. The number of hydrogen-bond acceptors (Lipinski definition) is 2. The highest BCUT2D eigenvalue weighted by molar-refractivity contribution is 5.99. The lowest BCUT2D eigenvalue weighted by Gasteiger charge is -2.32. The first-order valence-electron chi connectivity index (χ1n) is 8.72. The van der Waals surface area contributed by atoms with Gasteiger partial charge in [0.15, 0.2) is 0 Å². The molecule has 3 aliphatic carbocycles. The van der Waals surface area contributed by atoms with Crippen LogP contribution in [0.25, 0.3) is 0 Å². The van der Waals surface area contributed by atoms with E-state index >= 15 is 0 Å². The van der Waals surface area contributed by atoms with Gasteiger partial charge in [0.2, 0.25) is 0 Å². The monoisotopic (exact) mass is 298 g/mol. The molecule has 22 heavy (non-hydrogen) atoms.